The van der Waals surface area contributed by atoms with E-state index in [9.17, 15) is 18.0 Å². The van der Waals surface area contributed by atoms with Gasteiger partial charge in [0.25, 0.3) is 0 Å². The number of benzene rings is 3. The SMILES string of the molecule is Cl.O=C(CN1CCN(c2cccc(C(F)(F)F)c2)CC1)Nc1ccccc1-c1ccccc1. The Hall–Kier alpha value is -3.03. The summed E-state index contributed by atoms with van der Waals surface area (Å²) in [6.45, 7) is 2.57. The summed E-state index contributed by atoms with van der Waals surface area (Å²) in [4.78, 5) is 16.6. The summed E-state index contributed by atoms with van der Waals surface area (Å²) in [5, 5.41) is 3.00. The van der Waals surface area contributed by atoms with Gasteiger partial charge in [0.2, 0.25) is 5.91 Å². The number of hydrogen-bond donors (Lipinski definition) is 1. The van der Waals surface area contributed by atoms with E-state index in [0.29, 0.717) is 31.9 Å². The minimum Gasteiger partial charge on any atom is -0.369 e. The predicted molar refractivity (Wildman–Crippen MR) is 128 cm³/mol. The second-order valence-electron chi connectivity index (χ2n) is 7.77. The molecule has 1 amide bonds. The molecule has 0 spiro atoms. The number of nitrogens with one attached hydrogen (secondary N) is 1. The third-order valence-electron chi connectivity index (χ3n) is 5.56. The van der Waals surface area contributed by atoms with Crippen LogP contribution in [0.1, 0.15) is 5.56 Å². The van der Waals surface area contributed by atoms with Gasteiger partial charge in [0.15, 0.2) is 0 Å². The van der Waals surface area contributed by atoms with Crippen LogP contribution in [-0.4, -0.2) is 43.5 Å². The molecule has 174 valence electrons. The van der Waals surface area contributed by atoms with Gasteiger partial charge in [-0.25, -0.2) is 0 Å². The molecule has 1 aliphatic heterocycles. The molecule has 8 heteroatoms. The molecular formula is C25H25ClF3N3O. The van der Waals surface area contributed by atoms with Crippen LogP contribution in [0.2, 0.25) is 0 Å². The van der Waals surface area contributed by atoms with Crippen molar-refractivity contribution in [2.75, 3.05) is 42.9 Å². The number of piperazine rings is 1. The summed E-state index contributed by atoms with van der Waals surface area (Å²) in [7, 11) is 0. The van der Waals surface area contributed by atoms with Crippen LogP contribution in [0.4, 0.5) is 24.5 Å². The number of nitrogens with zero attached hydrogens (tertiary/aromatic N) is 2. The molecule has 3 aromatic carbocycles. The third kappa shape index (κ3) is 6.27. The van der Waals surface area contributed by atoms with Gasteiger partial charge in [-0.15, -0.1) is 12.4 Å². The van der Waals surface area contributed by atoms with Gasteiger partial charge in [0.05, 0.1) is 12.1 Å². The molecule has 4 rings (SSSR count). The van der Waals surface area contributed by atoms with E-state index >= 15 is 0 Å². The summed E-state index contributed by atoms with van der Waals surface area (Å²) < 4.78 is 39.0. The average molecular weight is 476 g/mol. The fourth-order valence-corrected chi connectivity index (χ4v) is 3.90. The lowest BCUT2D eigenvalue weighted by molar-refractivity contribution is -0.137. The third-order valence-corrected chi connectivity index (χ3v) is 5.56. The summed E-state index contributed by atoms with van der Waals surface area (Å²) in [6.07, 6.45) is -4.36. The van der Waals surface area contributed by atoms with E-state index in [0.717, 1.165) is 22.9 Å². The number of hydrogen-bond acceptors (Lipinski definition) is 3. The number of halogens is 4. The Morgan fingerprint density at radius 2 is 1.52 bits per heavy atom. The molecular weight excluding hydrogens is 451 g/mol. The van der Waals surface area contributed by atoms with Crippen molar-refractivity contribution in [2.24, 2.45) is 0 Å². The van der Waals surface area contributed by atoms with E-state index in [1.807, 2.05) is 64.4 Å². The van der Waals surface area contributed by atoms with Gasteiger partial charge >= 0.3 is 6.18 Å². The van der Waals surface area contributed by atoms with Gasteiger partial charge in [0, 0.05) is 43.1 Å². The number of carbonyl (C=O) groups excluding carboxylic acids is 1. The lowest BCUT2D eigenvalue weighted by atomic mass is 10.0. The highest BCUT2D eigenvalue weighted by molar-refractivity contribution is 5.96. The quantitative estimate of drug-likeness (QED) is 0.525. The zero-order valence-corrected chi connectivity index (χ0v) is 18.7. The van der Waals surface area contributed by atoms with Crippen LogP contribution >= 0.6 is 12.4 Å². The molecule has 0 radical (unpaired) electrons. The number of alkyl halides is 3. The van der Waals surface area contributed by atoms with Crippen molar-refractivity contribution >= 4 is 29.7 Å². The molecule has 3 aromatic rings. The lowest BCUT2D eigenvalue weighted by Crippen LogP contribution is -2.48. The summed E-state index contributed by atoms with van der Waals surface area (Å²) in [6, 6.07) is 22.9. The standard InChI is InChI=1S/C25H24F3N3O.ClH/c26-25(27,28)20-9-6-10-21(17-20)31-15-13-30(14-16-31)18-24(32)29-23-12-5-4-11-22(23)19-7-2-1-3-8-19;/h1-12,17H,13-16,18H2,(H,29,32);1H. The van der Waals surface area contributed by atoms with E-state index < -0.39 is 11.7 Å². The van der Waals surface area contributed by atoms with Crippen molar-refractivity contribution in [3.05, 3.63) is 84.4 Å². The number of para-hydroxylation sites is 1. The number of carbonyl (C=O) groups is 1. The van der Waals surface area contributed by atoms with Crippen LogP contribution in [0, 0.1) is 0 Å². The van der Waals surface area contributed by atoms with E-state index in [2.05, 4.69) is 5.32 Å². The second kappa shape index (κ2) is 10.7. The molecule has 1 saturated heterocycles. The van der Waals surface area contributed by atoms with Crippen molar-refractivity contribution in [2.45, 2.75) is 6.18 Å². The zero-order valence-electron chi connectivity index (χ0n) is 17.9. The molecule has 0 aromatic heterocycles. The van der Waals surface area contributed by atoms with Crippen LogP contribution in [-0.2, 0) is 11.0 Å². The van der Waals surface area contributed by atoms with Gasteiger partial charge in [-0.2, -0.15) is 13.2 Å². The molecule has 0 unspecified atom stereocenters. The number of anilines is 2. The molecule has 1 N–H and O–H groups in total. The Kier molecular flexibility index (Phi) is 8.00. The van der Waals surface area contributed by atoms with Crippen LogP contribution in [0.25, 0.3) is 11.1 Å². The molecule has 1 fully saturated rings. The highest BCUT2D eigenvalue weighted by atomic mass is 35.5. The fourth-order valence-electron chi connectivity index (χ4n) is 3.90. The van der Waals surface area contributed by atoms with Gasteiger partial charge in [-0.05, 0) is 29.8 Å². The van der Waals surface area contributed by atoms with E-state index in [-0.39, 0.29) is 24.9 Å². The molecule has 0 saturated carbocycles. The second-order valence-corrected chi connectivity index (χ2v) is 7.77. The average Bonchev–Trinajstić information content (AvgIpc) is 2.80. The van der Waals surface area contributed by atoms with Crippen molar-refractivity contribution in [1.82, 2.24) is 4.90 Å². The first-order valence-corrected chi connectivity index (χ1v) is 10.5. The van der Waals surface area contributed by atoms with Gasteiger partial charge in [0.1, 0.15) is 0 Å². The Balaban J connectivity index is 0.00000306. The topological polar surface area (TPSA) is 35.6 Å². The first-order chi connectivity index (χ1) is 15.4. The Labute approximate surface area is 197 Å². The van der Waals surface area contributed by atoms with E-state index in [4.69, 9.17) is 0 Å². The van der Waals surface area contributed by atoms with Crippen LogP contribution in [0.5, 0.6) is 0 Å². The minimum atomic E-state index is -4.36. The maximum Gasteiger partial charge on any atom is 0.416 e. The maximum atomic E-state index is 13.0. The molecule has 0 bridgehead atoms. The van der Waals surface area contributed by atoms with Crippen LogP contribution in [0.3, 0.4) is 0 Å². The van der Waals surface area contributed by atoms with Crippen molar-refractivity contribution in [1.29, 1.82) is 0 Å². The maximum absolute atomic E-state index is 13.0. The molecule has 0 atom stereocenters. The first kappa shape index (κ1) is 24.6. The lowest BCUT2D eigenvalue weighted by Gasteiger charge is -2.36. The monoisotopic (exact) mass is 475 g/mol. The minimum absolute atomic E-state index is 0. The van der Waals surface area contributed by atoms with Gasteiger partial charge in [-0.3, -0.25) is 9.69 Å². The van der Waals surface area contributed by atoms with Crippen molar-refractivity contribution in [3.63, 3.8) is 0 Å². The Morgan fingerprint density at radius 3 is 2.21 bits per heavy atom. The first-order valence-electron chi connectivity index (χ1n) is 10.5. The Morgan fingerprint density at radius 1 is 0.848 bits per heavy atom. The fraction of sp³-hybridized carbons (Fsp3) is 0.240. The van der Waals surface area contributed by atoms with Crippen LogP contribution in [0.15, 0.2) is 78.9 Å². The zero-order chi connectivity index (χ0) is 22.6. The summed E-state index contributed by atoms with van der Waals surface area (Å²) >= 11 is 0. The smallest absolute Gasteiger partial charge is 0.369 e. The largest absolute Gasteiger partial charge is 0.416 e. The summed E-state index contributed by atoms with van der Waals surface area (Å²) in [5.74, 6) is -0.110. The summed E-state index contributed by atoms with van der Waals surface area (Å²) in [5.41, 5.74) is 2.65. The van der Waals surface area contributed by atoms with Gasteiger partial charge in [-0.1, -0.05) is 54.6 Å². The van der Waals surface area contributed by atoms with Crippen molar-refractivity contribution < 1.29 is 18.0 Å². The molecule has 1 heterocycles. The van der Waals surface area contributed by atoms with E-state index in [1.165, 1.54) is 12.1 Å². The Bertz CT molecular complexity index is 1070. The van der Waals surface area contributed by atoms with E-state index in [1.54, 1.807) is 6.07 Å². The predicted octanol–water partition coefficient (Wildman–Crippen LogP) is 5.55. The molecule has 0 aliphatic carbocycles. The van der Waals surface area contributed by atoms with Crippen molar-refractivity contribution in [3.8, 4) is 11.1 Å². The molecule has 33 heavy (non-hydrogen) atoms. The molecule has 4 nitrogen and oxygen atoms in total. The van der Waals surface area contributed by atoms with Gasteiger partial charge < -0.3 is 10.2 Å². The number of rotatable bonds is 5. The highest BCUT2D eigenvalue weighted by Gasteiger charge is 2.31. The highest BCUT2D eigenvalue weighted by Crippen LogP contribution is 2.32. The van der Waals surface area contributed by atoms with Crippen LogP contribution < -0.4 is 10.2 Å². The normalized spacial score (nSPS) is 14.5. The number of amides is 1. The molecule has 1 aliphatic rings.